The van der Waals surface area contributed by atoms with Crippen LogP contribution in [0.4, 0.5) is 0 Å². The van der Waals surface area contributed by atoms with Crippen molar-refractivity contribution in [1.82, 2.24) is 19.4 Å². The Kier molecular flexibility index (Phi) is 7.88. The van der Waals surface area contributed by atoms with Gasteiger partial charge in [0.2, 0.25) is 0 Å². The van der Waals surface area contributed by atoms with Crippen LogP contribution in [-0.2, 0) is 11.3 Å². The van der Waals surface area contributed by atoms with Crippen molar-refractivity contribution in [1.29, 1.82) is 0 Å². The van der Waals surface area contributed by atoms with Gasteiger partial charge in [-0.3, -0.25) is 23.9 Å². The van der Waals surface area contributed by atoms with Crippen LogP contribution in [0.3, 0.4) is 0 Å². The van der Waals surface area contributed by atoms with E-state index in [1.807, 2.05) is 25.1 Å². The van der Waals surface area contributed by atoms with Crippen LogP contribution in [0.25, 0.3) is 10.9 Å². The van der Waals surface area contributed by atoms with E-state index in [2.05, 4.69) is 9.88 Å². The van der Waals surface area contributed by atoms with Crippen LogP contribution in [0, 0.1) is 13.8 Å². The number of hydrogen-bond acceptors (Lipinski definition) is 7. The SMILES string of the molecule is CC(=O)c1c(C)[nH]c(C(=O)C(C)Sc2nc3ccccc3c(=O)n2CCCN2CCOCC2)c1C. The summed E-state index contributed by atoms with van der Waals surface area (Å²) in [7, 11) is 0. The molecule has 0 saturated carbocycles. The smallest absolute Gasteiger partial charge is 0.262 e. The molecular formula is C26H32N4O4S. The lowest BCUT2D eigenvalue weighted by Crippen LogP contribution is -2.37. The number of aryl methyl sites for hydroxylation is 1. The number of carbonyl (C=O) groups excluding carboxylic acids is 2. The van der Waals surface area contributed by atoms with E-state index in [1.165, 1.54) is 18.7 Å². The number of H-pyrrole nitrogens is 1. The summed E-state index contributed by atoms with van der Waals surface area (Å²) in [5, 5.41) is 0.610. The molecule has 0 aliphatic carbocycles. The van der Waals surface area contributed by atoms with Gasteiger partial charge in [-0.2, -0.15) is 0 Å². The van der Waals surface area contributed by atoms with Gasteiger partial charge in [-0.05, 0) is 51.8 Å². The fourth-order valence-corrected chi connectivity index (χ4v) is 5.65. The number of morpholine rings is 1. The fraction of sp³-hybridized carbons (Fsp3) is 0.462. The van der Waals surface area contributed by atoms with Crippen molar-refractivity contribution in [3.63, 3.8) is 0 Å². The zero-order valence-corrected chi connectivity index (χ0v) is 21.5. The second-order valence-electron chi connectivity index (χ2n) is 8.98. The minimum absolute atomic E-state index is 0.0686. The molecule has 0 bridgehead atoms. The van der Waals surface area contributed by atoms with Gasteiger partial charge in [-0.15, -0.1) is 0 Å². The Bertz CT molecular complexity index is 1310. The highest BCUT2D eigenvalue weighted by molar-refractivity contribution is 8.00. The number of benzene rings is 1. The maximum Gasteiger partial charge on any atom is 0.262 e. The summed E-state index contributed by atoms with van der Waals surface area (Å²) in [5.74, 6) is -0.189. The third kappa shape index (κ3) is 5.42. The van der Waals surface area contributed by atoms with Crippen molar-refractivity contribution in [2.45, 2.75) is 51.1 Å². The van der Waals surface area contributed by atoms with E-state index in [0.29, 0.717) is 45.1 Å². The highest BCUT2D eigenvalue weighted by atomic mass is 32.2. The van der Waals surface area contributed by atoms with Crippen LogP contribution in [0.15, 0.2) is 34.2 Å². The molecule has 1 N–H and O–H groups in total. The summed E-state index contributed by atoms with van der Waals surface area (Å²) in [4.78, 5) is 48.9. The monoisotopic (exact) mass is 496 g/mol. The van der Waals surface area contributed by atoms with Crippen molar-refractivity contribution in [3.8, 4) is 0 Å². The number of thioether (sulfide) groups is 1. The van der Waals surface area contributed by atoms with Gasteiger partial charge >= 0.3 is 0 Å². The van der Waals surface area contributed by atoms with E-state index in [0.717, 1.165) is 39.3 Å². The molecule has 9 heteroatoms. The van der Waals surface area contributed by atoms with Gasteiger partial charge in [-0.1, -0.05) is 23.9 Å². The van der Waals surface area contributed by atoms with E-state index in [4.69, 9.17) is 9.72 Å². The molecule has 3 aromatic rings. The highest BCUT2D eigenvalue weighted by Crippen LogP contribution is 2.28. The van der Waals surface area contributed by atoms with Crippen LogP contribution in [-0.4, -0.2) is 69.1 Å². The van der Waals surface area contributed by atoms with Crippen LogP contribution < -0.4 is 5.56 Å². The number of rotatable bonds is 9. The summed E-state index contributed by atoms with van der Waals surface area (Å²) in [6, 6.07) is 7.31. The number of ketones is 2. The lowest BCUT2D eigenvalue weighted by molar-refractivity contribution is 0.0368. The molecule has 8 nitrogen and oxygen atoms in total. The molecule has 0 radical (unpaired) electrons. The number of carbonyl (C=O) groups is 2. The minimum atomic E-state index is -0.495. The van der Waals surface area contributed by atoms with Crippen LogP contribution in [0.2, 0.25) is 0 Å². The molecule has 0 amide bonds. The van der Waals surface area contributed by atoms with E-state index >= 15 is 0 Å². The molecule has 1 aromatic carbocycles. The Morgan fingerprint density at radius 1 is 1.17 bits per heavy atom. The van der Waals surface area contributed by atoms with Gasteiger partial charge in [0, 0.05) is 37.4 Å². The number of ether oxygens (including phenoxy) is 1. The Hall–Kier alpha value is -2.75. The maximum absolute atomic E-state index is 13.4. The lowest BCUT2D eigenvalue weighted by Gasteiger charge is -2.26. The van der Waals surface area contributed by atoms with Gasteiger partial charge in [0.1, 0.15) is 0 Å². The van der Waals surface area contributed by atoms with Crippen molar-refractivity contribution < 1.29 is 14.3 Å². The van der Waals surface area contributed by atoms with E-state index < -0.39 is 5.25 Å². The predicted octanol–water partition coefficient (Wildman–Crippen LogP) is 3.63. The first-order valence-corrected chi connectivity index (χ1v) is 12.9. The molecule has 1 atom stereocenters. The third-order valence-electron chi connectivity index (χ3n) is 6.47. The molecule has 2 aromatic heterocycles. The predicted molar refractivity (Wildman–Crippen MR) is 138 cm³/mol. The molecule has 1 aliphatic heterocycles. The van der Waals surface area contributed by atoms with E-state index in [-0.39, 0.29) is 17.1 Å². The Morgan fingerprint density at radius 3 is 2.57 bits per heavy atom. The summed E-state index contributed by atoms with van der Waals surface area (Å²) in [5.41, 5.74) is 2.89. The largest absolute Gasteiger partial charge is 0.379 e. The van der Waals surface area contributed by atoms with Gasteiger partial charge in [0.15, 0.2) is 16.7 Å². The van der Waals surface area contributed by atoms with Gasteiger partial charge in [-0.25, -0.2) is 4.98 Å². The number of Topliss-reactive ketones (excluding diaryl/α,β-unsaturated/α-hetero) is 2. The lowest BCUT2D eigenvalue weighted by atomic mass is 10.0. The number of aromatic amines is 1. The summed E-state index contributed by atoms with van der Waals surface area (Å²) >= 11 is 1.28. The number of para-hydroxylation sites is 1. The summed E-state index contributed by atoms with van der Waals surface area (Å²) in [6.45, 7) is 11.6. The van der Waals surface area contributed by atoms with Crippen LogP contribution >= 0.6 is 11.8 Å². The first kappa shape index (κ1) is 25.3. The minimum Gasteiger partial charge on any atom is -0.379 e. The van der Waals surface area contributed by atoms with E-state index in [9.17, 15) is 14.4 Å². The highest BCUT2D eigenvalue weighted by Gasteiger charge is 2.26. The van der Waals surface area contributed by atoms with E-state index in [1.54, 1.807) is 24.5 Å². The molecule has 1 aliphatic rings. The van der Waals surface area contributed by atoms with Gasteiger partial charge in [0.05, 0.1) is 35.1 Å². The molecule has 3 heterocycles. The van der Waals surface area contributed by atoms with Crippen LogP contribution in [0.1, 0.15) is 52.4 Å². The second-order valence-corrected chi connectivity index (χ2v) is 10.3. The number of hydrogen-bond donors (Lipinski definition) is 1. The summed E-state index contributed by atoms with van der Waals surface area (Å²) < 4.78 is 7.12. The molecular weight excluding hydrogens is 464 g/mol. The van der Waals surface area contributed by atoms with Crippen molar-refractivity contribution >= 4 is 34.2 Å². The standard InChI is InChI=1S/C26H32N4O4S/c1-16-22(18(3)31)17(2)27-23(16)24(32)19(4)35-26-28-21-9-6-5-8-20(21)25(33)30(26)11-7-10-29-12-14-34-15-13-29/h5-6,8-9,19,27H,7,10-15H2,1-4H3. The van der Waals surface area contributed by atoms with Crippen molar-refractivity contribution in [3.05, 3.63) is 57.1 Å². The number of nitrogens with one attached hydrogen (secondary N) is 1. The Balaban J connectivity index is 1.60. The molecule has 0 spiro atoms. The first-order valence-electron chi connectivity index (χ1n) is 12.0. The fourth-order valence-electron chi connectivity index (χ4n) is 4.65. The zero-order valence-electron chi connectivity index (χ0n) is 20.7. The normalized spacial score (nSPS) is 15.4. The van der Waals surface area contributed by atoms with Crippen molar-refractivity contribution in [2.75, 3.05) is 32.8 Å². The first-order chi connectivity index (χ1) is 16.8. The average Bonchev–Trinajstić information content (AvgIpc) is 3.15. The quantitative estimate of drug-likeness (QED) is 0.274. The van der Waals surface area contributed by atoms with Gasteiger partial charge in [0.25, 0.3) is 5.56 Å². The third-order valence-corrected chi connectivity index (χ3v) is 7.56. The molecule has 4 rings (SSSR count). The maximum atomic E-state index is 13.4. The molecule has 1 saturated heterocycles. The second kappa shape index (κ2) is 10.9. The summed E-state index contributed by atoms with van der Waals surface area (Å²) in [6.07, 6.45) is 0.798. The molecule has 1 unspecified atom stereocenters. The average molecular weight is 497 g/mol. The zero-order chi connectivity index (χ0) is 25.1. The Morgan fingerprint density at radius 2 is 1.89 bits per heavy atom. The van der Waals surface area contributed by atoms with Crippen molar-refractivity contribution in [2.24, 2.45) is 0 Å². The Labute approximate surface area is 209 Å². The van der Waals surface area contributed by atoms with Gasteiger partial charge < -0.3 is 9.72 Å². The molecule has 35 heavy (non-hydrogen) atoms. The molecule has 186 valence electrons. The molecule has 1 fully saturated rings. The number of nitrogens with zero attached hydrogens (tertiary/aromatic N) is 3. The number of aromatic nitrogens is 3. The van der Waals surface area contributed by atoms with Crippen LogP contribution in [0.5, 0.6) is 0 Å². The topological polar surface area (TPSA) is 97.3 Å². The number of fused-ring (bicyclic) bond motifs is 1.